The standard InChI is InChI=1S/C47H33N5/c1-3-13-32-28-34(23-22-30(32)2)45-48-46(35-25-24-31-14-7-8-15-33(31)29-35)50-47(49-45)52-42-21-12-10-19-38(42)40-27-26-39-37-18-9-11-20-41(37)51(43(39)44(40)52)36-16-5-4-6-17-36/h3-29H,1-2H3/b13-3-. The molecule has 0 fully saturated rings. The molecule has 0 aliphatic rings. The summed E-state index contributed by atoms with van der Waals surface area (Å²) in [6, 6.07) is 53.7. The minimum Gasteiger partial charge on any atom is -0.307 e. The molecule has 0 N–H and O–H groups in total. The van der Waals surface area contributed by atoms with E-state index in [-0.39, 0.29) is 0 Å². The largest absolute Gasteiger partial charge is 0.307 e. The van der Waals surface area contributed by atoms with Crippen LogP contribution in [0.25, 0.3) is 94.9 Å². The molecule has 5 heteroatoms. The van der Waals surface area contributed by atoms with Crippen molar-refractivity contribution < 1.29 is 0 Å². The summed E-state index contributed by atoms with van der Waals surface area (Å²) in [5, 5.41) is 6.97. The van der Waals surface area contributed by atoms with Crippen LogP contribution in [0.3, 0.4) is 0 Å². The van der Waals surface area contributed by atoms with Gasteiger partial charge in [0.15, 0.2) is 11.6 Å². The van der Waals surface area contributed by atoms with Crippen LogP contribution in [0.1, 0.15) is 18.1 Å². The second-order valence-corrected chi connectivity index (χ2v) is 13.3. The molecule has 0 saturated heterocycles. The normalized spacial score (nSPS) is 12.0. The fraction of sp³-hybridized carbons (Fsp3) is 0.0426. The van der Waals surface area contributed by atoms with E-state index in [4.69, 9.17) is 15.0 Å². The van der Waals surface area contributed by atoms with E-state index in [0.29, 0.717) is 17.6 Å². The van der Waals surface area contributed by atoms with Crippen LogP contribution in [0.15, 0.2) is 158 Å². The maximum atomic E-state index is 5.34. The van der Waals surface area contributed by atoms with Crippen molar-refractivity contribution in [1.29, 1.82) is 0 Å². The molecule has 0 atom stereocenters. The van der Waals surface area contributed by atoms with Crippen LogP contribution in [-0.4, -0.2) is 24.1 Å². The van der Waals surface area contributed by atoms with Crippen molar-refractivity contribution in [2.45, 2.75) is 13.8 Å². The fourth-order valence-electron chi connectivity index (χ4n) is 7.74. The highest BCUT2D eigenvalue weighted by Crippen LogP contribution is 2.41. The first-order chi connectivity index (χ1) is 25.7. The third kappa shape index (κ3) is 4.67. The van der Waals surface area contributed by atoms with E-state index in [9.17, 15) is 0 Å². The van der Waals surface area contributed by atoms with Gasteiger partial charge in [-0.1, -0.05) is 127 Å². The van der Waals surface area contributed by atoms with Gasteiger partial charge in [-0.05, 0) is 72.1 Å². The van der Waals surface area contributed by atoms with Crippen molar-refractivity contribution in [2.24, 2.45) is 0 Å². The van der Waals surface area contributed by atoms with E-state index in [2.05, 4.69) is 180 Å². The van der Waals surface area contributed by atoms with Crippen LogP contribution in [0.4, 0.5) is 0 Å². The molecule has 0 bridgehead atoms. The zero-order valence-electron chi connectivity index (χ0n) is 28.8. The van der Waals surface area contributed by atoms with Crippen molar-refractivity contribution in [3.8, 4) is 34.4 Å². The predicted molar refractivity (Wildman–Crippen MR) is 216 cm³/mol. The zero-order chi connectivity index (χ0) is 34.8. The van der Waals surface area contributed by atoms with Crippen molar-refractivity contribution in [3.05, 3.63) is 169 Å². The Hall–Kier alpha value is -6.85. The van der Waals surface area contributed by atoms with Crippen LogP contribution in [0, 0.1) is 6.92 Å². The molecule has 5 nitrogen and oxygen atoms in total. The summed E-state index contributed by atoms with van der Waals surface area (Å²) in [6.45, 7) is 4.18. The van der Waals surface area contributed by atoms with E-state index in [1.807, 2.05) is 6.92 Å². The first-order valence-electron chi connectivity index (χ1n) is 17.7. The fourth-order valence-corrected chi connectivity index (χ4v) is 7.74. The third-order valence-electron chi connectivity index (χ3n) is 10.2. The zero-order valence-corrected chi connectivity index (χ0v) is 28.8. The number of benzene rings is 7. The molecule has 3 aromatic heterocycles. The maximum Gasteiger partial charge on any atom is 0.238 e. The minimum atomic E-state index is 0.574. The Kier molecular flexibility index (Phi) is 6.86. The van der Waals surface area contributed by atoms with E-state index < -0.39 is 0 Å². The number of aromatic nitrogens is 5. The Labute approximate surface area is 300 Å². The molecule has 246 valence electrons. The molecular formula is C47H33N5. The van der Waals surface area contributed by atoms with E-state index in [0.717, 1.165) is 60.6 Å². The highest BCUT2D eigenvalue weighted by molar-refractivity contribution is 6.23. The van der Waals surface area contributed by atoms with E-state index in [1.165, 1.54) is 21.7 Å². The maximum absolute atomic E-state index is 5.34. The van der Waals surface area contributed by atoms with Gasteiger partial charge in [0.1, 0.15) is 0 Å². The monoisotopic (exact) mass is 667 g/mol. The summed E-state index contributed by atoms with van der Waals surface area (Å²) in [7, 11) is 0. The Morgan fingerprint density at radius 2 is 1.06 bits per heavy atom. The Morgan fingerprint density at radius 3 is 1.77 bits per heavy atom. The Balaban J connectivity index is 1.35. The predicted octanol–water partition coefficient (Wildman–Crippen LogP) is 11.9. The highest BCUT2D eigenvalue weighted by Gasteiger charge is 2.23. The van der Waals surface area contributed by atoms with Gasteiger partial charge >= 0.3 is 0 Å². The molecule has 7 aromatic carbocycles. The summed E-state index contributed by atoms with van der Waals surface area (Å²) < 4.78 is 4.64. The van der Waals surface area contributed by atoms with Gasteiger partial charge in [-0.15, -0.1) is 0 Å². The first kappa shape index (κ1) is 30.0. The number of hydrogen-bond acceptors (Lipinski definition) is 3. The number of para-hydroxylation sites is 3. The molecule has 10 aromatic rings. The smallest absolute Gasteiger partial charge is 0.238 e. The summed E-state index contributed by atoms with van der Waals surface area (Å²) >= 11 is 0. The molecule has 0 unspecified atom stereocenters. The van der Waals surface area contributed by atoms with Crippen molar-refractivity contribution in [3.63, 3.8) is 0 Å². The number of rotatable bonds is 5. The number of allylic oxidation sites excluding steroid dienone is 1. The lowest BCUT2D eigenvalue weighted by Crippen LogP contribution is -2.07. The number of nitrogens with zero attached hydrogens (tertiary/aromatic N) is 5. The topological polar surface area (TPSA) is 48.5 Å². The summed E-state index contributed by atoms with van der Waals surface area (Å²) in [5.74, 6) is 1.83. The molecule has 0 spiro atoms. The number of hydrogen-bond donors (Lipinski definition) is 0. The lowest BCUT2D eigenvalue weighted by Gasteiger charge is -2.14. The lowest BCUT2D eigenvalue weighted by atomic mass is 10.0. The van der Waals surface area contributed by atoms with E-state index >= 15 is 0 Å². The van der Waals surface area contributed by atoms with Gasteiger partial charge in [0.05, 0.1) is 22.1 Å². The van der Waals surface area contributed by atoms with Crippen molar-refractivity contribution >= 4 is 60.5 Å². The molecular weight excluding hydrogens is 635 g/mol. The van der Waals surface area contributed by atoms with Gasteiger partial charge in [0.2, 0.25) is 5.95 Å². The van der Waals surface area contributed by atoms with Crippen LogP contribution in [0.5, 0.6) is 0 Å². The summed E-state index contributed by atoms with van der Waals surface area (Å²) in [6.07, 6.45) is 4.21. The minimum absolute atomic E-state index is 0.574. The first-order valence-corrected chi connectivity index (χ1v) is 17.7. The van der Waals surface area contributed by atoms with Crippen LogP contribution in [-0.2, 0) is 0 Å². The SMILES string of the molecule is C/C=C\c1cc(-c2nc(-c3ccc4ccccc4c3)nc(-n3c4ccccc4c4ccc5c6ccccc6n(-c6ccccc6)c5c43)n2)ccc1C. The van der Waals surface area contributed by atoms with Crippen molar-refractivity contribution in [2.75, 3.05) is 0 Å². The average Bonchev–Trinajstić information content (AvgIpc) is 3.72. The molecule has 0 radical (unpaired) electrons. The Bertz CT molecular complexity index is 3040. The number of fused-ring (bicyclic) bond motifs is 8. The van der Waals surface area contributed by atoms with Crippen LogP contribution >= 0.6 is 0 Å². The van der Waals surface area contributed by atoms with Crippen LogP contribution < -0.4 is 0 Å². The summed E-state index contributed by atoms with van der Waals surface area (Å²) in [5.41, 5.74) is 9.67. The number of aryl methyl sites for hydroxylation is 1. The molecule has 0 aliphatic heterocycles. The Morgan fingerprint density at radius 1 is 0.481 bits per heavy atom. The third-order valence-corrected chi connectivity index (χ3v) is 10.2. The molecule has 0 saturated carbocycles. The van der Waals surface area contributed by atoms with E-state index in [1.54, 1.807) is 0 Å². The molecule has 3 heterocycles. The van der Waals surface area contributed by atoms with Gasteiger partial charge in [0, 0.05) is 38.4 Å². The second kappa shape index (κ2) is 11.9. The van der Waals surface area contributed by atoms with Gasteiger partial charge in [-0.2, -0.15) is 9.97 Å². The summed E-state index contributed by atoms with van der Waals surface area (Å²) in [4.78, 5) is 15.9. The van der Waals surface area contributed by atoms with Gasteiger partial charge in [0.25, 0.3) is 0 Å². The average molecular weight is 668 g/mol. The highest BCUT2D eigenvalue weighted by atomic mass is 15.2. The van der Waals surface area contributed by atoms with Gasteiger partial charge < -0.3 is 4.57 Å². The van der Waals surface area contributed by atoms with Gasteiger partial charge in [-0.3, -0.25) is 4.57 Å². The molecule has 0 amide bonds. The van der Waals surface area contributed by atoms with Crippen molar-refractivity contribution in [1.82, 2.24) is 24.1 Å². The molecule has 10 rings (SSSR count). The lowest BCUT2D eigenvalue weighted by molar-refractivity contribution is 0.953. The van der Waals surface area contributed by atoms with Gasteiger partial charge in [-0.25, -0.2) is 4.98 Å². The quantitative estimate of drug-likeness (QED) is 0.184. The molecule has 0 aliphatic carbocycles. The molecule has 52 heavy (non-hydrogen) atoms. The second-order valence-electron chi connectivity index (χ2n) is 13.3. The van der Waals surface area contributed by atoms with Crippen LogP contribution in [0.2, 0.25) is 0 Å².